The largest absolute Gasteiger partial charge is 0.367 e. The van der Waals surface area contributed by atoms with Crippen molar-refractivity contribution in [1.82, 2.24) is 0 Å². The molecule has 0 aliphatic heterocycles. The summed E-state index contributed by atoms with van der Waals surface area (Å²) in [5.41, 5.74) is 0.735. The van der Waals surface area contributed by atoms with Crippen molar-refractivity contribution in [2.45, 2.75) is 60.9 Å². The van der Waals surface area contributed by atoms with Crippen molar-refractivity contribution in [3.8, 4) is 0 Å². The van der Waals surface area contributed by atoms with E-state index in [0.29, 0.717) is 5.92 Å². The smallest absolute Gasteiger partial charge is 0.161 e. The second-order valence-corrected chi connectivity index (χ2v) is 7.23. The maximum atomic E-state index is 10.7. The third kappa shape index (κ3) is 3.42. The summed E-state index contributed by atoms with van der Waals surface area (Å²) in [6.07, 6.45) is -0.913. The highest BCUT2D eigenvalue weighted by molar-refractivity contribution is 5.16. The van der Waals surface area contributed by atoms with Gasteiger partial charge < -0.3 is 9.84 Å². The molecule has 3 atom stereocenters. The average molecular weight is 278 g/mol. The van der Waals surface area contributed by atoms with Crippen molar-refractivity contribution in [2.24, 2.45) is 16.7 Å². The van der Waals surface area contributed by atoms with Crippen LogP contribution in [0.5, 0.6) is 0 Å². The van der Waals surface area contributed by atoms with Gasteiger partial charge >= 0.3 is 0 Å². The first kappa shape index (κ1) is 17.2. The molecule has 2 nitrogen and oxygen atoms in total. The van der Waals surface area contributed by atoms with Crippen molar-refractivity contribution in [1.29, 1.82) is 0 Å². The van der Waals surface area contributed by atoms with Crippen LogP contribution in [0.2, 0.25) is 0 Å². The fourth-order valence-electron chi connectivity index (χ4n) is 2.66. The number of rotatable bonds is 5. The van der Waals surface area contributed by atoms with Crippen LogP contribution in [-0.2, 0) is 4.74 Å². The van der Waals surface area contributed by atoms with E-state index >= 15 is 0 Å². The van der Waals surface area contributed by atoms with Gasteiger partial charge in [0.2, 0.25) is 0 Å². The highest BCUT2D eigenvalue weighted by Crippen LogP contribution is 2.48. The van der Waals surface area contributed by atoms with Crippen LogP contribution in [0, 0.1) is 16.7 Å². The molecule has 0 saturated carbocycles. The molecule has 0 aliphatic rings. The Morgan fingerprint density at radius 3 is 1.85 bits per heavy atom. The minimum absolute atomic E-state index is 0.0447. The van der Waals surface area contributed by atoms with E-state index in [1.54, 1.807) is 0 Å². The average Bonchev–Trinajstić information content (AvgIpc) is 2.36. The first-order chi connectivity index (χ1) is 9.10. The lowest BCUT2D eigenvalue weighted by Crippen LogP contribution is -2.48. The van der Waals surface area contributed by atoms with Gasteiger partial charge in [-0.15, -0.1) is 0 Å². The number of aliphatic hydroxyl groups is 1. The molecular formula is C18H30O2. The molecule has 1 aromatic carbocycles. The van der Waals surface area contributed by atoms with Gasteiger partial charge in [-0.2, -0.15) is 0 Å². The van der Waals surface area contributed by atoms with E-state index in [-0.39, 0.29) is 16.9 Å². The van der Waals surface area contributed by atoms with Crippen LogP contribution in [0.3, 0.4) is 0 Å². The molecule has 0 heterocycles. The minimum Gasteiger partial charge on any atom is -0.367 e. The van der Waals surface area contributed by atoms with E-state index in [0.717, 1.165) is 5.56 Å². The van der Waals surface area contributed by atoms with E-state index in [2.05, 4.69) is 41.5 Å². The molecule has 20 heavy (non-hydrogen) atoms. The lowest BCUT2D eigenvalue weighted by Gasteiger charge is -2.48. The molecule has 2 heteroatoms. The first-order valence-corrected chi connectivity index (χ1v) is 7.49. The normalized spacial score (nSPS) is 18.6. The summed E-state index contributed by atoms with van der Waals surface area (Å²) in [4.78, 5) is 0. The second-order valence-electron chi connectivity index (χ2n) is 7.23. The molecule has 0 bridgehead atoms. The van der Waals surface area contributed by atoms with Crippen molar-refractivity contribution in [3.63, 3.8) is 0 Å². The molecule has 1 rings (SSSR count). The Labute approximate surface area is 124 Å². The predicted octanol–water partition coefficient (Wildman–Crippen LogP) is 4.79. The van der Waals surface area contributed by atoms with Crippen LogP contribution in [0.1, 0.15) is 60.1 Å². The fourth-order valence-corrected chi connectivity index (χ4v) is 2.66. The van der Waals surface area contributed by atoms with Gasteiger partial charge in [0.05, 0.1) is 6.10 Å². The summed E-state index contributed by atoms with van der Waals surface area (Å²) < 4.78 is 5.94. The Morgan fingerprint density at radius 2 is 1.45 bits per heavy atom. The molecule has 0 spiro atoms. The molecule has 1 aromatic rings. The molecule has 114 valence electrons. The monoisotopic (exact) mass is 278 g/mol. The third-order valence-electron chi connectivity index (χ3n) is 4.93. The molecule has 0 saturated heterocycles. The highest BCUT2D eigenvalue weighted by atomic mass is 16.6. The van der Waals surface area contributed by atoms with Crippen LogP contribution in [0.25, 0.3) is 0 Å². The number of hydrogen-bond donors (Lipinski definition) is 1. The maximum Gasteiger partial charge on any atom is 0.161 e. The topological polar surface area (TPSA) is 29.5 Å². The summed E-state index contributed by atoms with van der Waals surface area (Å²) >= 11 is 0. The van der Waals surface area contributed by atoms with Gasteiger partial charge in [-0.3, -0.25) is 0 Å². The summed E-state index contributed by atoms with van der Waals surface area (Å²) in [6, 6.07) is 10.0. The van der Waals surface area contributed by atoms with Gasteiger partial charge in [0.25, 0.3) is 0 Å². The predicted molar refractivity (Wildman–Crippen MR) is 84.3 cm³/mol. The van der Waals surface area contributed by atoms with Crippen LogP contribution in [-0.4, -0.2) is 11.4 Å². The summed E-state index contributed by atoms with van der Waals surface area (Å²) in [6.45, 7) is 14.9. The Balaban J connectivity index is 2.91. The number of benzene rings is 1. The molecule has 0 radical (unpaired) electrons. The van der Waals surface area contributed by atoms with Crippen molar-refractivity contribution in [2.75, 3.05) is 0 Å². The van der Waals surface area contributed by atoms with Crippen molar-refractivity contribution >= 4 is 0 Å². The molecular weight excluding hydrogens is 248 g/mol. The summed E-state index contributed by atoms with van der Waals surface area (Å²) in [5.74, 6) is 0.320. The Bertz CT molecular complexity index is 405. The SMILES string of the molecule is CC(OC(O)C(C)(C(C)C)C(C)(C)C)c1ccccc1. The zero-order valence-electron chi connectivity index (χ0n) is 14.0. The Morgan fingerprint density at radius 1 is 0.950 bits per heavy atom. The number of ether oxygens (including phenoxy) is 1. The second kappa shape index (κ2) is 6.28. The van der Waals surface area contributed by atoms with Crippen molar-refractivity contribution < 1.29 is 9.84 Å². The highest BCUT2D eigenvalue weighted by Gasteiger charge is 2.47. The van der Waals surface area contributed by atoms with Gasteiger partial charge in [-0.1, -0.05) is 71.9 Å². The van der Waals surface area contributed by atoms with E-state index in [1.807, 2.05) is 37.3 Å². The molecule has 3 unspecified atom stereocenters. The van der Waals surface area contributed by atoms with Gasteiger partial charge in [-0.05, 0) is 23.8 Å². The van der Waals surface area contributed by atoms with Crippen molar-refractivity contribution in [3.05, 3.63) is 35.9 Å². The van der Waals surface area contributed by atoms with E-state index in [4.69, 9.17) is 4.74 Å². The van der Waals surface area contributed by atoms with Crippen LogP contribution >= 0.6 is 0 Å². The zero-order chi connectivity index (χ0) is 15.6. The molecule has 0 amide bonds. The lowest BCUT2D eigenvalue weighted by molar-refractivity contribution is -0.237. The number of hydrogen-bond acceptors (Lipinski definition) is 2. The molecule has 0 fully saturated rings. The molecule has 1 N–H and O–H groups in total. The van der Waals surface area contributed by atoms with E-state index in [1.165, 1.54) is 0 Å². The first-order valence-electron chi connectivity index (χ1n) is 7.49. The van der Waals surface area contributed by atoms with E-state index in [9.17, 15) is 5.11 Å². The maximum absolute atomic E-state index is 10.7. The van der Waals surface area contributed by atoms with Crippen LogP contribution < -0.4 is 0 Å². The number of aliphatic hydroxyl groups excluding tert-OH is 1. The third-order valence-corrected chi connectivity index (χ3v) is 4.93. The fraction of sp³-hybridized carbons (Fsp3) is 0.667. The van der Waals surface area contributed by atoms with Gasteiger partial charge in [0, 0.05) is 5.41 Å². The standard InChI is InChI=1S/C18H30O2/c1-13(2)18(7,17(4,5)6)16(19)20-14(3)15-11-9-8-10-12-15/h8-14,16,19H,1-7H3. The Kier molecular flexibility index (Phi) is 5.39. The van der Waals surface area contributed by atoms with Gasteiger partial charge in [-0.25, -0.2) is 0 Å². The van der Waals surface area contributed by atoms with E-state index < -0.39 is 6.29 Å². The quantitative estimate of drug-likeness (QED) is 0.785. The van der Waals surface area contributed by atoms with Gasteiger partial charge in [0.1, 0.15) is 0 Å². The summed E-state index contributed by atoms with van der Waals surface area (Å²) in [5, 5.41) is 10.7. The van der Waals surface area contributed by atoms with Crippen LogP contribution in [0.15, 0.2) is 30.3 Å². The Hall–Kier alpha value is -0.860. The zero-order valence-corrected chi connectivity index (χ0v) is 14.0. The minimum atomic E-state index is -0.794. The lowest BCUT2D eigenvalue weighted by atomic mass is 9.61. The van der Waals surface area contributed by atoms with Crippen LogP contribution in [0.4, 0.5) is 0 Å². The van der Waals surface area contributed by atoms with Gasteiger partial charge in [0.15, 0.2) is 6.29 Å². The summed E-state index contributed by atoms with van der Waals surface area (Å²) in [7, 11) is 0. The molecule has 0 aliphatic carbocycles. The molecule has 0 aromatic heterocycles.